The molecule has 0 aliphatic carbocycles. The summed E-state index contributed by atoms with van der Waals surface area (Å²) in [4.78, 5) is 0. The van der Waals surface area contributed by atoms with Gasteiger partial charge in [-0.3, -0.25) is 0 Å². The molecule has 124 valence electrons. The molecule has 1 atom stereocenters. The minimum absolute atomic E-state index is 0.150. The van der Waals surface area contributed by atoms with Gasteiger partial charge in [-0.2, -0.15) is 13.2 Å². The zero-order valence-corrected chi connectivity index (χ0v) is 13.8. The van der Waals surface area contributed by atoms with Gasteiger partial charge in [-0.25, -0.2) is 8.93 Å². The Morgan fingerprint density at radius 3 is 2.23 bits per heavy atom. The first-order valence-electron chi connectivity index (χ1n) is 6.92. The third-order valence-corrected chi connectivity index (χ3v) is 5.38. The van der Waals surface area contributed by atoms with Gasteiger partial charge in [-0.15, -0.1) is 0 Å². The van der Waals surface area contributed by atoms with Crippen molar-refractivity contribution < 1.29 is 22.1 Å². The van der Waals surface area contributed by atoms with Gasteiger partial charge in [0.05, 0.1) is 34.5 Å². The second kappa shape index (κ2) is 5.62. The van der Waals surface area contributed by atoms with Crippen LogP contribution in [0.25, 0.3) is 0 Å². The van der Waals surface area contributed by atoms with E-state index in [0.29, 0.717) is 5.56 Å². The van der Waals surface area contributed by atoms with E-state index in [4.69, 9.17) is 4.74 Å². The summed E-state index contributed by atoms with van der Waals surface area (Å²) in [6.07, 6.45) is -4.41. The van der Waals surface area contributed by atoms with Crippen LogP contribution < -0.4 is 4.72 Å². The number of hydrogen-bond acceptors (Lipinski definition) is 2. The maximum atomic E-state index is 13.1. The summed E-state index contributed by atoms with van der Waals surface area (Å²) in [6, 6.07) is 4.08. The van der Waals surface area contributed by atoms with Crippen LogP contribution in [0.4, 0.5) is 13.2 Å². The third-order valence-electron chi connectivity index (χ3n) is 3.70. The molecule has 0 aromatic heterocycles. The maximum Gasteiger partial charge on any atom is 0.416 e. The molecule has 1 aromatic carbocycles. The van der Waals surface area contributed by atoms with Gasteiger partial charge in [-0.05, 0) is 44.9 Å². The van der Waals surface area contributed by atoms with Gasteiger partial charge in [0.1, 0.15) is 5.54 Å². The summed E-state index contributed by atoms with van der Waals surface area (Å²) in [5.74, 6) is 0. The van der Waals surface area contributed by atoms with Crippen molar-refractivity contribution in [2.24, 2.45) is 0 Å². The fourth-order valence-corrected chi connectivity index (χ4v) is 3.26. The third kappa shape index (κ3) is 3.21. The largest absolute Gasteiger partial charge is 0.416 e. The fourth-order valence-electron chi connectivity index (χ4n) is 2.37. The molecule has 1 fully saturated rings. The highest BCUT2D eigenvalue weighted by Gasteiger charge is 2.46. The van der Waals surface area contributed by atoms with Crippen molar-refractivity contribution in [1.82, 2.24) is 4.72 Å². The molecule has 3 nitrogen and oxygen atoms in total. The van der Waals surface area contributed by atoms with E-state index in [2.05, 4.69) is 4.72 Å². The second-order valence-corrected chi connectivity index (χ2v) is 8.50. The highest BCUT2D eigenvalue weighted by molar-refractivity contribution is 7.84. The molecule has 22 heavy (non-hydrogen) atoms. The van der Waals surface area contributed by atoms with Crippen LogP contribution in [0.1, 0.15) is 37.5 Å². The smallest absolute Gasteiger partial charge is 0.377 e. The predicted molar refractivity (Wildman–Crippen MR) is 79.7 cm³/mol. The average Bonchev–Trinajstić information content (AvgIpc) is 2.31. The Kier molecular flexibility index (Phi) is 4.45. The Balaban J connectivity index is 2.43. The monoisotopic (exact) mass is 335 g/mol. The van der Waals surface area contributed by atoms with E-state index in [1.54, 1.807) is 6.07 Å². The minimum Gasteiger partial charge on any atom is -0.377 e. The lowest BCUT2D eigenvalue weighted by Gasteiger charge is -2.44. The van der Waals surface area contributed by atoms with Crippen molar-refractivity contribution in [1.29, 1.82) is 0 Å². The van der Waals surface area contributed by atoms with Crippen LogP contribution >= 0.6 is 0 Å². The van der Waals surface area contributed by atoms with Crippen LogP contribution in [0, 0.1) is 6.92 Å². The van der Waals surface area contributed by atoms with Crippen molar-refractivity contribution in [3.05, 3.63) is 34.9 Å². The lowest BCUT2D eigenvalue weighted by atomic mass is 9.84. The Morgan fingerprint density at radius 2 is 1.82 bits per heavy atom. The molecular weight excluding hydrogens is 315 g/mol. The van der Waals surface area contributed by atoms with Crippen molar-refractivity contribution in [2.75, 3.05) is 13.2 Å². The van der Waals surface area contributed by atoms with Gasteiger partial charge < -0.3 is 4.74 Å². The van der Waals surface area contributed by atoms with Crippen LogP contribution in [0.15, 0.2) is 18.2 Å². The molecule has 0 amide bonds. The maximum absolute atomic E-state index is 13.1. The Hall–Kier alpha value is -0.920. The lowest BCUT2D eigenvalue weighted by molar-refractivity contribution is -0.138. The van der Waals surface area contributed by atoms with Crippen LogP contribution in [-0.4, -0.2) is 22.2 Å². The number of halogens is 3. The molecule has 0 spiro atoms. The standard InChI is InChI=1S/C15H20F3NO2S/c1-10-11(6-5-7-12(10)15(16,17)18)14(8-21-9-14)19-22(20)13(2,3)4/h5-7,19H,8-9H2,1-4H3. The molecule has 1 aliphatic heterocycles. The molecule has 1 saturated heterocycles. The first kappa shape index (κ1) is 17.4. The van der Waals surface area contributed by atoms with Crippen LogP contribution in [0.2, 0.25) is 0 Å². The average molecular weight is 335 g/mol. The van der Waals surface area contributed by atoms with Gasteiger partial charge in [0, 0.05) is 0 Å². The van der Waals surface area contributed by atoms with E-state index in [-0.39, 0.29) is 18.8 Å². The van der Waals surface area contributed by atoms with Crippen molar-refractivity contribution in [2.45, 2.75) is 44.2 Å². The SMILES string of the molecule is Cc1c(C(F)(F)F)cccc1C1(NS(=O)C(C)(C)C)COC1. The number of benzene rings is 1. The molecule has 1 aliphatic rings. The number of hydrogen-bond donors (Lipinski definition) is 1. The van der Waals surface area contributed by atoms with Gasteiger partial charge in [0.15, 0.2) is 0 Å². The summed E-state index contributed by atoms with van der Waals surface area (Å²) in [5.41, 5.74) is -0.855. The minimum atomic E-state index is -4.41. The highest BCUT2D eigenvalue weighted by atomic mass is 32.2. The molecule has 1 N–H and O–H groups in total. The van der Waals surface area contributed by atoms with Gasteiger partial charge in [0.2, 0.25) is 0 Å². The van der Waals surface area contributed by atoms with Gasteiger partial charge >= 0.3 is 6.18 Å². The summed E-state index contributed by atoms with van der Waals surface area (Å²) in [5, 5.41) is 0. The van der Waals surface area contributed by atoms with Crippen LogP contribution in [0.3, 0.4) is 0 Å². The molecular formula is C15H20F3NO2S. The second-order valence-electron chi connectivity index (χ2n) is 6.53. The zero-order chi connectivity index (χ0) is 16.8. The Bertz CT molecular complexity index is 589. The van der Waals surface area contributed by atoms with Crippen molar-refractivity contribution in [3.63, 3.8) is 0 Å². The predicted octanol–water partition coefficient (Wildman–Crippen LogP) is 3.29. The number of nitrogens with one attached hydrogen (secondary N) is 1. The molecule has 0 radical (unpaired) electrons. The summed E-state index contributed by atoms with van der Waals surface area (Å²) >= 11 is 0. The summed E-state index contributed by atoms with van der Waals surface area (Å²) < 4.78 is 59.3. The van der Waals surface area contributed by atoms with Crippen molar-refractivity contribution in [3.8, 4) is 0 Å². The van der Waals surface area contributed by atoms with E-state index >= 15 is 0 Å². The lowest BCUT2D eigenvalue weighted by Crippen LogP contribution is -2.60. The van der Waals surface area contributed by atoms with Crippen molar-refractivity contribution >= 4 is 11.0 Å². The van der Waals surface area contributed by atoms with E-state index in [1.807, 2.05) is 20.8 Å². The van der Waals surface area contributed by atoms with E-state index in [1.165, 1.54) is 13.0 Å². The normalized spacial score (nSPS) is 19.6. The van der Waals surface area contributed by atoms with E-state index < -0.39 is 33.0 Å². The summed E-state index contributed by atoms with van der Waals surface area (Å²) in [6.45, 7) is 7.28. The number of ether oxygens (including phenoxy) is 1. The Morgan fingerprint density at radius 1 is 1.23 bits per heavy atom. The fraction of sp³-hybridized carbons (Fsp3) is 0.600. The first-order valence-corrected chi connectivity index (χ1v) is 8.07. The quantitative estimate of drug-likeness (QED) is 0.920. The molecule has 0 saturated carbocycles. The molecule has 0 bridgehead atoms. The van der Waals surface area contributed by atoms with Crippen LogP contribution in [0.5, 0.6) is 0 Å². The van der Waals surface area contributed by atoms with Crippen LogP contribution in [-0.2, 0) is 27.4 Å². The highest BCUT2D eigenvalue weighted by Crippen LogP contribution is 2.39. The molecule has 1 heterocycles. The van der Waals surface area contributed by atoms with E-state index in [0.717, 1.165) is 6.07 Å². The molecule has 1 unspecified atom stereocenters. The van der Waals surface area contributed by atoms with Gasteiger partial charge in [-0.1, -0.05) is 12.1 Å². The molecule has 1 aromatic rings. The topological polar surface area (TPSA) is 38.3 Å². The molecule has 7 heteroatoms. The molecule has 2 rings (SSSR count). The number of rotatable bonds is 3. The first-order chi connectivity index (χ1) is 9.97. The summed E-state index contributed by atoms with van der Waals surface area (Å²) in [7, 11) is -1.40. The van der Waals surface area contributed by atoms with Gasteiger partial charge in [0.25, 0.3) is 0 Å². The zero-order valence-electron chi connectivity index (χ0n) is 13.0. The Labute approximate surface area is 130 Å². The number of alkyl halides is 3. The van der Waals surface area contributed by atoms with E-state index in [9.17, 15) is 17.4 Å².